The van der Waals surface area contributed by atoms with Crippen molar-refractivity contribution in [2.45, 2.75) is 31.1 Å². The van der Waals surface area contributed by atoms with Gasteiger partial charge < -0.3 is 9.80 Å². The zero-order valence-electron chi connectivity index (χ0n) is 12.4. The molecule has 3 nitrogen and oxygen atoms in total. The monoisotopic (exact) mass is 271 g/mol. The summed E-state index contributed by atoms with van der Waals surface area (Å²) in [6, 6.07) is 10.7. The molecule has 3 heteroatoms. The van der Waals surface area contributed by atoms with E-state index in [-0.39, 0.29) is 5.41 Å². The Bertz CT molecular complexity index is 454. The van der Waals surface area contributed by atoms with Crippen molar-refractivity contribution in [3.05, 3.63) is 35.9 Å². The molecule has 0 amide bonds. The normalized spacial score (nSPS) is 22.9. The molecular formula is C17H25N3. The van der Waals surface area contributed by atoms with E-state index in [1.54, 1.807) is 0 Å². The molecule has 1 aliphatic heterocycles. The topological polar surface area (TPSA) is 30.3 Å². The fourth-order valence-corrected chi connectivity index (χ4v) is 3.73. The number of benzene rings is 1. The number of amidine groups is 1. The molecule has 0 bridgehead atoms. The minimum absolute atomic E-state index is 0.0167. The summed E-state index contributed by atoms with van der Waals surface area (Å²) in [5.41, 5.74) is 1.33. The molecule has 1 aromatic rings. The Balaban J connectivity index is 1.85. The average Bonchev–Trinajstić information content (AvgIpc) is 2.99. The molecule has 1 saturated carbocycles. The summed E-state index contributed by atoms with van der Waals surface area (Å²) in [6.45, 7) is 4.16. The maximum Gasteiger partial charge on any atom is 0.107 e. The van der Waals surface area contributed by atoms with Gasteiger partial charge >= 0.3 is 0 Å². The summed E-state index contributed by atoms with van der Waals surface area (Å²) < 4.78 is 0. The van der Waals surface area contributed by atoms with E-state index in [1.165, 1.54) is 18.4 Å². The molecule has 2 fully saturated rings. The van der Waals surface area contributed by atoms with E-state index in [0.29, 0.717) is 0 Å². The molecule has 1 aromatic carbocycles. The third kappa shape index (κ3) is 2.35. The molecule has 1 aliphatic carbocycles. The molecular weight excluding hydrogens is 246 g/mol. The van der Waals surface area contributed by atoms with Crippen molar-refractivity contribution >= 4 is 5.84 Å². The van der Waals surface area contributed by atoms with Crippen LogP contribution in [0.25, 0.3) is 0 Å². The predicted octanol–water partition coefficient (Wildman–Crippen LogP) is 2.72. The van der Waals surface area contributed by atoms with Crippen LogP contribution in [0.5, 0.6) is 0 Å². The molecule has 0 aromatic heterocycles. The van der Waals surface area contributed by atoms with E-state index in [0.717, 1.165) is 44.9 Å². The summed E-state index contributed by atoms with van der Waals surface area (Å²) >= 11 is 0. The predicted molar refractivity (Wildman–Crippen MR) is 83.4 cm³/mol. The fourth-order valence-electron chi connectivity index (χ4n) is 3.73. The van der Waals surface area contributed by atoms with Crippen LogP contribution in [0.2, 0.25) is 0 Å². The van der Waals surface area contributed by atoms with Crippen LogP contribution < -0.4 is 0 Å². The van der Waals surface area contributed by atoms with Crippen molar-refractivity contribution < 1.29 is 0 Å². The number of nitrogens with one attached hydrogen (secondary N) is 1. The SMILES string of the molecule is CN1CCN(C(=N)C2(c3ccccc3)CCCC2)CC1. The summed E-state index contributed by atoms with van der Waals surface area (Å²) in [4.78, 5) is 4.67. The van der Waals surface area contributed by atoms with E-state index in [1.807, 2.05) is 0 Å². The van der Waals surface area contributed by atoms with Gasteiger partial charge in [0.15, 0.2) is 0 Å². The molecule has 1 heterocycles. The number of piperazine rings is 1. The number of nitrogens with zero attached hydrogens (tertiary/aromatic N) is 2. The van der Waals surface area contributed by atoms with Gasteiger partial charge in [0.25, 0.3) is 0 Å². The molecule has 3 rings (SSSR count). The lowest BCUT2D eigenvalue weighted by molar-refractivity contribution is 0.206. The highest BCUT2D eigenvalue weighted by Gasteiger charge is 2.42. The largest absolute Gasteiger partial charge is 0.357 e. The minimum atomic E-state index is -0.0167. The molecule has 1 N–H and O–H groups in total. The molecule has 0 unspecified atom stereocenters. The van der Waals surface area contributed by atoms with Crippen molar-refractivity contribution in [2.75, 3.05) is 33.2 Å². The average molecular weight is 271 g/mol. The Morgan fingerprint density at radius 1 is 1.00 bits per heavy atom. The van der Waals surface area contributed by atoms with Crippen molar-refractivity contribution in [1.82, 2.24) is 9.80 Å². The lowest BCUT2D eigenvalue weighted by Gasteiger charge is -2.41. The smallest absolute Gasteiger partial charge is 0.107 e. The second-order valence-electron chi connectivity index (χ2n) is 6.29. The number of likely N-dealkylation sites (N-methyl/N-ethyl adjacent to an activating group) is 1. The van der Waals surface area contributed by atoms with E-state index >= 15 is 0 Å². The van der Waals surface area contributed by atoms with Gasteiger partial charge in [0.2, 0.25) is 0 Å². The lowest BCUT2D eigenvalue weighted by atomic mass is 9.77. The number of hydrogen-bond donors (Lipinski definition) is 1. The van der Waals surface area contributed by atoms with Gasteiger partial charge in [-0.15, -0.1) is 0 Å². The van der Waals surface area contributed by atoms with Gasteiger partial charge in [-0.2, -0.15) is 0 Å². The van der Waals surface area contributed by atoms with E-state index in [4.69, 9.17) is 5.41 Å². The van der Waals surface area contributed by atoms with Gasteiger partial charge in [-0.1, -0.05) is 43.2 Å². The highest BCUT2D eigenvalue weighted by molar-refractivity contribution is 5.91. The second-order valence-corrected chi connectivity index (χ2v) is 6.29. The fraction of sp³-hybridized carbons (Fsp3) is 0.588. The molecule has 108 valence electrons. The van der Waals surface area contributed by atoms with Crippen LogP contribution in [0.3, 0.4) is 0 Å². The maximum atomic E-state index is 8.84. The van der Waals surface area contributed by atoms with Crippen LogP contribution in [0.1, 0.15) is 31.2 Å². The maximum absolute atomic E-state index is 8.84. The standard InChI is InChI=1S/C17H25N3/c1-19-11-13-20(14-12-19)16(18)17(9-5-6-10-17)15-7-3-2-4-8-15/h2-4,7-8,18H,5-6,9-14H2,1H3. The summed E-state index contributed by atoms with van der Waals surface area (Å²) in [5.74, 6) is 0.870. The Morgan fingerprint density at radius 3 is 2.20 bits per heavy atom. The van der Waals surface area contributed by atoms with Crippen LogP contribution in [-0.2, 0) is 5.41 Å². The van der Waals surface area contributed by atoms with Crippen molar-refractivity contribution in [2.24, 2.45) is 0 Å². The first kappa shape index (κ1) is 13.6. The second kappa shape index (κ2) is 5.57. The molecule has 0 spiro atoms. The first-order valence-electron chi connectivity index (χ1n) is 7.80. The van der Waals surface area contributed by atoms with E-state index in [2.05, 4.69) is 47.2 Å². The molecule has 20 heavy (non-hydrogen) atoms. The molecule has 2 aliphatic rings. The highest BCUT2D eigenvalue weighted by atomic mass is 15.3. The molecule has 0 atom stereocenters. The van der Waals surface area contributed by atoms with Gasteiger partial charge in [-0.05, 0) is 25.5 Å². The lowest BCUT2D eigenvalue weighted by Crippen LogP contribution is -2.52. The zero-order chi connectivity index (χ0) is 14.0. The molecule has 1 saturated heterocycles. The molecule has 0 radical (unpaired) electrons. The van der Waals surface area contributed by atoms with Crippen LogP contribution in [0.4, 0.5) is 0 Å². The zero-order valence-corrected chi connectivity index (χ0v) is 12.4. The summed E-state index contributed by atoms with van der Waals surface area (Å²) in [7, 11) is 2.17. The highest BCUT2D eigenvalue weighted by Crippen LogP contribution is 2.42. The van der Waals surface area contributed by atoms with Crippen LogP contribution in [-0.4, -0.2) is 48.9 Å². The Labute approximate surface area is 122 Å². The Hall–Kier alpha value is -1.35. The van der Waals surface area contributed by atoms with E-state index in [9.17, 15) is 0 Å². The Morgan fingerprint density at radius 2 is 1.60 bits per heavy atom. The van der Waals surface area contributed by atoms with Crippen molar-refractivity contribution in [1.29, 1.82) is 5.41 Å². The summed E-state index contributed by atoms with van der Waals surface area (Å²) in [6.07, 6.45) is 4.79. The van der Waals surface area contributed by atoms with Crippen LogP contribution in [0.15, 0.2) is 30.3 Å². The van der Waals surface area contributed by atoms with E-state index < -0.39 is 0 Å². The number of rotatable bonds is 2. The first-order valence-corrected chi connectivity index (χ1v) is 7.80. The third-order valence-electron chi connectivity index (χ3n) is 5.06. The van der Waals surface area contributed by atoms with Gasteiger partial charge in [0.1, 0.15) is 5.84 Å². The van der Waals surface area contributed by atoms with Gasteiger partial charge in [0.05, 0.1) is 5.41 Å². The first-order chi connectivity index (χ1) is 9.72. The minimum Gasteiger partial charge on any atom is -0.357 e. The van der Waals surface area contributed by atoms with Gasteiger partial charge in [0, 0.05) is 26.2 Å². The van der Waals surface area contributed by atoms with Crippen molar-refractivity contribution in [3.63, 3.8) is 0 Å². The van der Waals surface area contributed by atoms with Gasteiger partial charge in [-0.25, -0.2) is 0 Å². The van der Waals surface area contributed by atoms with Gasteiger partial charge in [-0.3, -0.25) is 5.41 Å². The third-order valence-corrected chi connectivity index (χ3v) is 5.06. The Kier molecular flexibility index (Phi) is 3.79. The summed E-state index contributed by atoms with van der Waals surface area (Å²) in [5, 5.41) is 8.84. The quantitative estimate of drug-likeness (QED) is 0.662. The van der Waals surface area contributed by atoms with Crippen LogP contribution in [0, 0.1) is 5.41 Å². The van der Waals surface area contributed by atoms with Crippen LogP contribution >= 0.6 is 0 Å². The van der Waals surface area contributed by atoms with Crippen molar-refractivity contribution in [3.8, 4) is 0 Å². The number of hydrogen-bond acceptors (Lipinski definition) is 2.